The molecule has 170 valence electrons. The van der Waals surface area contributed by atoms with Crippen LogP contribution in [0.3, 0.4) is 0 Å². The summed E-state index contributed by atoms with van der Waals surface area (Å²) < 4.78 is 3.20. The number of carbonyl (C=O) groups excluding carboxylic acids is 2. The summed E-state index contributed by atoms with van der Waals surface area (Å²) in [4.78, 5) is 23.7. The van der Waals surface area contributed by atoms with Gasteiger partial charge in [0.1, 0.15) is 5.54 Å². The largest absolute Gasteiger partial charge is 0.344 e. The van der Waals surface area contributed by atoms with E-state index in [-0.39, 0.29) is 16.6 Å². The van der Waals surface area contributed by atoms with E-state index in [0.29, 0.717) is 6.41 Å². The zero-order valence-electron chi connectivity index (χ0n) is 19.6. The van der Waals surface area contributed by atoms with Crippen LogP contribution in [-0.2, 0) is 16.0 Å². The molecule has 2 N–H and O–H groups in total. The Hall–Kier alpha value is -1.49. The number of amides is 2. The second-order valence-electron chi connectivity index (χ2n) is 8.22. The van der Waals surface area contributed by atoms with Crippen molar-refractivity contribution in [1.29, 1.82) is 0 Å². The number of nitrogens with one attached hydrogen (secondary N) is 2. The lowest BCUT2D eigenvalue weighted by atomic mass is 10.1. The van der Waals surface area contributed by atoms with Gasteiger partial charge in [-0.15, -0.1) is 0 Å². The average molecular weight is 435 g/mol. The lowest BCUT2D eigenvalue weighted by molar-refractivity contribution is -0.125. The van der Waals surface area contributed by atoms with E-state index in [1.54, 1.807) is 11.9 Å². The third-order valence-corrected chi connectivity index (χ3v) is 6.79. The Kier molecular flexibility index (Phi) is 12.2. The molecule has 30 heavy (non-hydrogen) atoms. The van der Waals surface area contributed by atoms with Crippen molar-refractivity contribution in [2.45, 2.75) is 103 Å². The Balaban J connectivity index is 0.000000826. The molecule has 2 atom stereocenters. The van der Waals surface area contributed by atoms with Gasteiger partial charge >= 0.3 is 0 Å². The quantitative estimate of drug-likeness (QED) is 0.253. The van der Waals surface area contributed by atoms with Crippen LogP contribution in [0.4, 0.5) is 0 Å². The molecule has 0 saturated heterocycles. The minimum Gasteiger partial charge on any atom is -0.344 e. The van der Waals surface area contributed by atoms with Crippen LogP contribution in [0.2, 0.25) is 0 Å². The highest BCUT2D eigenvalue weighted by atomic mass is 32.2. The van der Waals surface area contributed by atoms with E-state index < -0.39 is 5.54 Å². The van der Waals surface area contributed by atoms with Crippen molar-refractivity contribution in [2.75, 3.05) is 0 Å². The van der Waals surface area contributed by atoms with Crippen molar-refractivity contribution in [3.8, 4) is 0 Å². The Morgan fingerprint density at radius 2 is 1.77 bits per heavy atom. The van der Waals surface area contributed by atoms with E-state index in [1.807, 2.05) is 19.9 Å². The maximum absolute atomic E-state index is 12.7. The van der Waals surface area contributed by atoms with E-state index in [4.69, 9.17) is 0 Å². The zero-order valence-corrected chi connectivity index (χ0v) is 20.4. The first-order valence-corrected chi connectivity index (χ1v) is 12.6. The average Bonchev–Trinajstić information content (AvgIpc) is 3.67. The van der Waals surface area contributed by atoms with Crippen molar-refractivity contribution in [3.05, 3.63) is 35.9 Å². The Bertz CT molecular complexity index is 619. The summed E-state index contributed by atoms with van der Waals surface area (Å²) >= 11 is 1.56. The highest BCUT2D eigenvalue weighted by Crippen LogP contribution is 2.51. The molecule has 2 unspecified atom stereocenters. The predicted octanol–water partition coefficient (Wildman–Crippen LogP) is 6.05. The van der Waals surface area contributed by atoms with Gasteiger partial charge < -0.3 is 5.32 Å². The summed E-state index contributed by atoms with van der Waals surface area (Å²) in [5.74, 6) is 0.263. The maximum Gasteiger partial charge on any atom is 0.255 e. The molecule has 0 bridgehead atoms. The van der Waals surface area contributed by atoms with Gasteiger partial charge in [0.25, 0.3) is 5.91 Å². The van der Waals surface area contributed by atoms with Crippen LogP contribution in [0.25, 0.3) is 0 Å². The van der Waals surface area contributed by atoms with Crippen molar-refractivity contribution in [3.63, 3.8) is 0 Å². The minimum absolute atomic E-state index is 0.0227. The summed E-state index contributed by atoms with van der Waals surface area (Å²) in [6.45, 7) is 10.4. The predicted molar refractivity (Wildman–Crippen MR) is 129 cm³/mol. The molecule has 5 heteroatoms. The fourth-order valence-corrected chi connectivity index (χ4v) is 4.65. The molecule has 2 aliphatic rings. The molecule has 0 aliphatic heterocycles. The molecule has 4 nitrogen and oxygen atoms in total. The first kappa shape index (κ1) is 26.5. The van der Waals surface area contributed by atoms with Gasteiger partial charge in [0.05, 0.1) is 0 Å². The molecular formula is C25H42N2O2S. The van der Waals surface area contributed by atoms with Crippen LogP contribution in [-0.4, -0.2) is 22.6 Å². The van der Waals surface area contributed by atoms with E-state index in [1.165, 1.54) is 24.8 Å². The van der Waals surface area contributed by atoms with Crippen molar-refractivity contribution < 1.29 is 9.59 Å². The van der Waals surface area contributed by atoms with Crippen molar-refractivity contribution >= 4 is 24.3 Å². The van der Waals surface area contributed by atoms with E-state index >= 15 is 0 Å². The fourth-order valence-electron chi connectivity index (χ4n) is 3.61. The lowest BCUT2D eigenvalue weighted by Crippen LogP contribution is -2.46. The van der Waals surface area contributed by atoms with Gasteiger partial charge in [0, 0.05) is 4.75 Å². The van der Waals surface area contributed by atoms with Gasteiger partial charge in [-0.2, -0.15) is 0 Å². The third kappa shape index (κ3) is 7.98. The minimum atomic E-state index is -0.661. The van der Waals surface area contributed by atoms with E-state index in [0.717, 1.165) is 38.5 Å². The maximum atomic E-state index is 12.7. The molecule has 2 amide bonds. The lowest BCUT2D eigenvalue weighted by Gasteiger charge is -2.20. The van der Waals surface area contributed by atoms with Gasteiger partial charge in [-0.05, 0) is 55.5 Å². The standard InChI is InChI=1S/C20H28N2O2S.C3H8.C2H6/c1-2-3-5-10-17-14-20(17,21-15-23)18(24)22-25-19(11-12-19)13-16-8-6-4-7-9-16;1-3-2;1-2/h4,6-9,15,17H,2-3,5,10-14H2,1H3,(H,21,23)(H,22,24);3H2,1-2H3;1-2H3. The van der Waals surface area contributed by atoms with Crippen LogP contribution in [0.1, 0.15) is 91.5 Å². The Morgan fingerprint density at radius 1 is 1.13 bits per heavy atom. The van der Waals surface area contributed by atoms with Crippen LogP contribution in [0, 0.1) is 5.92 Å². The molecule has 2 aliphatic carbocycles. The molecule has 0 radical (unpaired) electrons. The van der Waals surface area contributed by atoms with Crippen LogP contribution >= 0.6 is 11.9 Å². The number of rotatable bonds is 11. The molecular weight excluding hydrogens is 392 g/mol. The molecule has 1 aromatic carbocycles. The molecule has 2 saturated carbocycles. The molecule has 1 aromatic rings. The third-order valence-electron chi connectivity index (χ3n) is 5.52. The second-order valence-corrected chi connectivity index (χ2v) is 9.49. The number of benzene rings is 1. The zero-order chi connectivity index (χ0) is 22.5. The number of hydrogen-bond donors (Lipinski definition) is 2. The topological polar surface area (TPSA) is 58.2 Å². The smallest absolute Gasteiger partial charge is 0.255 e. The summed E-state index contributed by atoms with van der Waals surface area (Å²) in [6.07, 6.45) is 10.4. The SMILES string of the molecule is CC.CCC.CCCCCC1CC1(NC=O)C(=O)NSC1(Cc2ccccc2)CC1. The number of unbranched alkanes of at least 4 members (excludes halogenated alkanes) is 2. The Morgan fingerprint density at radius 3 is 2.30 bits per heavy atom. The van der Waals surface area contributed by atoms with Crippen LogP contribution in [0.5, 0.6) is 0 Å². The summed E-state index contributed by atoms with van der Waals surface area (Å²) in [7, 11) is 0. The summed E-state index contributed by atoms with van der Waals surface area (Å²) in [6, 6.07) is 10.4. The second kappa shape index (κ2) is 13.7. The van der Waals surface area contributed by atoms with Crippen LogP contribution in [0.15, 0.2) is 30.3 Å². The normalized spacial score (nSPS) is 22.4. The summed E-state index contributed by atoms with van der Waals surface area (Å²) in [5, 5.41) is 2.81. The highest BCUT2D eigenvalue weighted by molar-refractivity contribution is 7.99. The number of hydrogen-bond acceptors (Lipinski definition) is 3. The molecule has 3 rings (SSSR count). The molecule has 2 fully saturated rings. The first-order valence-electron chi connectivity index (χ1n) is 11.8. The monoisotopic (exact) mass is 434 g/mol. The first-order chi connectivity index (χ1) is 14.6. The van der Waals surface area contributed by atoms with E-state index in [9.17, 15) is 9.59 Å². The fraction of sp³-hybridized carbons (Fsp3) is 0.680. The van der Waals surface area contributed by atoms with Crippen LogP contribution < -0.4 is 10.0 Å². The molecule has 0 spiro atoms. The number of carbonyl (C=O) groups is 2. The highest BCUT2D eigenvalue weighted by Gasteiger charge is 2.60. The van der Waals surface area contributed by atoms with Gasteiger partial charge in [-0.1, -0.05) is 90.6 Å². The van der Waals surface area contributed by atoms with Gasteiger partial charge in [-0.25, -0.2) is 0 Å². The van der Waals surface area contributed by atoms with Gasteiger partial charge in [-0.3, -0.25) is 14.3 Å². The van der Waals surface area contributed by atoms with Gasteiger partial charge in [0.15, 0.2) is 0 Å². The molecule has 0 heterocycles. The van der Waals surface area contributed by atoms with Crippen molar-refractivity contribution in [2.24, 2.45) is 5.92 Å². The van der Waals surface area contributed by atoms with Gasteiger partial charge in [0.2, 0.25) is 6.41 Å². The molecule has 0 aromatic heterocycles. The summed E-state index contributed by atoms with van der Waals surface area (Å²) in [5.41, 5.74) is 0.650. The van der Waals surface area contributed by atoms with Crippen molar-refractivity contribution in [1.82, 2.24) is 10.0 Å². The van der Waals surface area contributed by atoms with E-state index in [2.05, 4.69) is 55.1 Å². The Labute approximate surface area is 188 Å².